The van der Waals surface area contributed by atoms with Crippen molar-refractivity contribution >= 4 is 0 Å². The van der Waals surface area contributed by atoms with E-state index in [0.29, 0.717) is 19.6 Å². The van der Waals surface area contributed by atoms with Crippen LogP contribution in [-0.4, -0.2) is 39.0 Å². The smallest absolute Gasteiger partial charge is 0.0933 e. The van der Waals surface area contributed by atoms with Crippen molar-refractivity contribution in [1.29, 1.82) is 0 Å². The molecule has 0 aromatic heterocycles. The lowest BCUT2D eigenvalue weighted by atomic mass is 10.3. The first-order valence-electron chi connectivity index (χ1n) is 4.27. The number of rotatable bonds is 4. The van der Waals surface area contributed by atoms with Gasteiger partial charge in [0.2, 0.25) is 0 Å². The maximum atomic E-state index is 5.42. The third kappa shape index (κ3) is 3.72. The Hall–Kier alpha value is -0.560. The molecule has 1 aliphatic heterocycles. The van der Waals surface area contributed by atoms with Gasteiger partial charge in [-0.2, -0.15) is 0 Å². The first-order valence-corrected chi connectivity index (χ1v) is 4.27. The second kappa shape index (κ2) is 6.01. The lowest BCUT2D eigenvalue weighted by Gasteiger charge is -2.23. The minimum absolute atomic E-state index is 0.205. The van der Waals surface area contributed by atoms with E-state index in [2.05, 4.69) is 11.2 Å². The average Bonchev–Trinajstić information content (AvgIpc) is 2.14. The highest BCUT2D eigenvalue weighted by atomic mass is 16.5. The van der Waals surface area contributed by atoms with Crippen molar-refractivity contribution in [3.05, 3.63) is 0 Å². The molecule has 0 aromatic carbocycles. The summed E-state index contributed by atoms with van der Waals surface area (Å²) in [7, 11) is 0. The van der Waals surface area contributed by atoms with Gasteiger partial charge in [0.25, 0.3) is 0 Å². The zero-order valence-corrected chi connectivity index (χ0v) is 7.21. The Labute approximate surface area is 73.4 Å². The predicted molar refractivity (Wildman–Crippen MR) is 46.9 cm³/mol. The van der Waals surface area contributed by atoms with E-state index in [1.54, 1.807) is 0 Å². The second-order valence-corrected chi connectivity index (χ2v) is 2.73. The van der Waals surface area contributed by atoms with Crippen molar-refractivity contribution in [2.45, 2.75) is 12.5 Å². The fourth-order valence-corrected chi connectivity index (χ4v) is 1.07. The molecule has 1 unspecified atom stereocenters. The SMILES string of the molecule is C#CCCOCC1CNCCO1. The molecule has 0 bridgehead atoms. The molecule has 12 heavy (non-hydrogen) atoms. The summed E-state index contributed by atoms with van der Waals surface area (Å²) in [5.74, 6) is 2.52. The fraction of sp³-hybridized carbons (Fsp3) is 0.778. The lowest BCUT2D eigenvalue weighted by molar-refractivity contribution is -0.0301. The summed E-state index contributed by atoms with van der Waals surface area (Å²) in [5, 5.41) is 3.23. The molecule has 1 atom stereocenters. The van der Waals surface area contributed by atoms with Crippen LogP contribution in [0.4, 0.5) is 0 Å². The average molecular weight is 169 g/mol. The Kier molecular flexibility index (Phi) is 4.77. The van der Waals surface area contributed by atoms with E-state index in [1.807, 2.05) is 0 Å². The van der Waals surface area contributed by atoms with Gasteiger partial charge in [-0.3, -0.25) is 0 Å². The molecule has 0 aliphatic carbocycles. The van der Waals surface area contributed by atoms with Crippen molar-refractivity contribution in [2.24, 2.45) is 0 Å². The molecule has 68 valence electrons. The standard InChI is InChI=1S/C9H15NO2/c1-2-3-5-11-8-9-7-10-4-6-12-9/h1,9-10H,3-8H2. The van der Waals surface area contributed by atoms with Gasteiger partial charge in [-0.1, -0.05) is 0 Å². The number of hydrogen-bond acceptors (Lipinski definition) is 3. The summed E-state index contributed by atoms with van der Waals surface area (Å²) < 4.78 is 10.7. The zero-order valence-electron chi connectivity index (χ0n) is 7.21. The summed E-state index contributed by atoms with van der Waals surface area (Å²) in [4.78, 5) is 0. The monoisotopic (exact) mass is 169 g/mol. The highest BCUT2D eigenvalue weighted by Gasteiger charge is 2.12. The molecule has 0 aromatic rings. The molecular weight excluding hydrogens is 154 g/mol. The van der Waals surface area contributed by atoms with E-state index < -0.39 is 0 Å². The van der Waals surface area contributed by atoms with Gasteiger partial charge in [0, 0.05) is 19.5 Å². The van der Waals surface area contributed by atoms with Gasteiger partial charge in [-0.25, -0.2) is 0 Å². The van der Waals surface area contributed by atoms with E-state index in [4.69, 9.17) is 15.9 Å². The molecule has 0 spiro atoms. The van der Waals surface area contributed by atoms with Crippen LogP contribution in [0.15, 0.2) is 0 Å². The minimum atomic E-state index is 0.205. The molecule has 3 heteroatoms. The van der Waals surface area contributed by atoms with Crippen LogP contribution in [0.25, 0.3) is 0 Å². The molecule has 0 amide bonds. The molecule has 1 rings (SSSR count). The molecule has 0 saturated carbocycles. The number of morpholine rings is 1. The predicted octanol–water partition coefficient (Wildman–Crippen LogP) is 0.0147. The third-order valence-corrected chi connectivity index (χ3v) is 1.70. The Morgan fingerprint density at radius 2 is 2.58 bits per heavy atom. The van der Waals surface area contributed by atoms with Crippen LogP contribution in [0.5, 0.6) is 0 Å². The molecule has 3 nitrogen and oxygen atoms in total. The van der Waals surface area contributed by atoms with Crippen molar-refractivity contribution in [3.63, 3.8) is 0 Å². The van der Waals surface area contributed by atoms with E-state index in [-0.39, 0.29) is 6.10 Å². The van der Waals surface area contributed by atoms with Gasteiger partial charge in [0.05, 0.1) is 25.9 Å². The summed E-state index contributed by atoms with van der Waals surface area (Å²) in [6.07, 6.45) is 5.96. The molecule has 1 N–H and O–H groups in total. The quantitative estimate of drug-likeness (QED) is 0.475. The highest BCUT2D eigenvalue weighted by molar-refractivity contribution is 4.82. The van der Waals surface area contributed by atoms with Crippen LogP contribution < -0.4 is 5.32 Å². The van der Waals surface area contributed by atoms with Crippen LogP contribution in [0.2, 0.25) is 0 Å². The van der Waals surface area contributed by atoms with Gasteiger partial charge < -0.3 is 14.8 Å². The molecule has 1 aliphatic rings. The van der Waals surface area contributed by atoms with Crippen LogP contribution in [0.1, 0.15) is 6.42 Å². The summed E-state index contributed by atoms with van der Waals surface area (Å²) >= 11 is 0. The number of hydrogen-bond donors (Lipinski definition) is 1. The first kappa shape index (κ1) is 9.53. The van der Waals surface area contributed by atoms with Crippen LogP contribution >= 0.6 is 0 Å². The van der Waals surface area contributed by atoms with Crippen molar-refractivity contribution < 1.29 is 9.47 Å². The van der Waals surface area contributed by atoms with E-state index in [1.165, 1.54) is 0 Å². The highest BCUT2D eigenvalue weighted by Crippen LogP contribution is 1.96. The molecular formula is C9H15NO2. The summed E-state index contributed by atoms with van der Waals surface area (Å²) in [5.41, 5.74) is 0. The Morgan fingerprint density at radius 1 is 1.67 bits per heavy atom. The zero-order chi connectivity index (χ0) is 8.65. The number of nitrogens with one attached hydrogen (secondary N) is 1. The minimum Gasteiger partial charge on any atom is -0.378 e. The van der Waals surface area contributed by atoms with Crippen molar-refractivity contribution in [3.8, 4) is 12.3 Å². The normalized spacial score (nSPS) is 23.4. The number of ether oxygens (including phenoxy) is 2. The Morgan fingerprint density at radius 3 is 3.25 bits per heavy atom. The largest absolute Gasteiger partial charge is 0.378 e. The Balaban J connectivity index is 1.95. The summed E-state index contributed by atoms with van der Waals surface area (Å²) in [6.45, 7) is 3.89. The topological polar surface area (TPSA) is 30.5 Å². The molecule has 0 radical (unpaired) electrons. The fourth-order valence-electron chi connectivity index (χ4n) is 1.07. The third-order valence-electron chi connectivity index (χ3n) is 1.70. The van der Waals surface area contributed by atoms with Gasteiger partial charge >= 0.3 is 0 Å². The van der Waals surface area contributed by atoms with E-state index in [0.717, 1.165) is 19.7 Å². The maximum absolute atomic E-state index is 5.42. The molecule has 1 heterocycles. The Bertz CT molecular complexity index is 147. The van der Waals surface area contributed by atoms with Crippen LogP contribution in [0, 0.1) is 12.3 Å². The van der Waals surface area contributed by atoms with Gasteiger partial charge in [-0.05, 0) is 0 Å². The maximum Gasteiger partial charge on any atom is 0.0933 e. The second-order valence-electron chi connectivity index (χ2n) is 2.73. The van der Waals surface area contributed by atoms with Gasteiger partial charge in [0.15, 0.2) is 0 Å². The van der Waals surface area contributed by atoms with Gasteiger partial charge in [0.1, 0.15) is 0 Å². The van der Waals surface area contributed by atoms with E-state index in [9.17, 15) is 0 Å². The summed E-state index contributed by atoms with van der Waals surface area (Å²) in [6, 6.07) is 0. The lowest BCUT2D eigenvalue weighted by Crippen LogP contribution is -2.41. The van der Waals surface area contributed by atoms with E-state index >= 15 is 0 Å². The van der Waals surface area contributed by atoms with Crippen LogP contribution in [0.3, 0.4) is 0 Å². The number of terminal acetylenes is 1. The van der Waals surface area contributed by atoms with Crippen molar-refractivity contribution in [1.82, 2.24) is 5.32 Å². The molecule has 1 saturated heterocycles. The van der Waals surface area contributed by atoms with Crippen molar-refractivity contribution in [2.75, 3.05) is 32.9 Å². The van der Waals surface area contributed by atoms with Gasteiger partial charge in [-0.15, -0.1) is 12.3 Å². The van der Waals surface area contributed by atoms with Crippen LogP contribution in [-0.2, 0) is 9.47 Å². The first-order chi connectivity index (χ1) is 5.93. The molecule has 1 fully saturated rings.